The van der Waals surface area contributed by atoms with Crippen molar-refractivity contribution >= 4 is 33.7 Å². The predicted octanol–water partition coefficient (Wildman–Crippen LogP) is 2.14. The lowest BCUT2D eigenvalue weighted by Gasteiger charge is -2.25. The summed E-state index contributed by atoms with van der Waals surface area (Å²) in [7, 11) is 0. The van der Waals surface area contributed by atoms with Crippen LogP contribution < -0.4 is 5.73 Å². The summed E-state index contributed by atoms with van der Waals surface area (Å²) in [6, 6.07) is 9.51. The molecule has 2 aromatic carbocycles. The zero-order valence-corrected chi connectivity index (χ0v) is 16.4. The second-order valence-corrected chi connectivity index (χ2v) is 7.45. The molecule has 31 heavy (non-hydrogen) atoms. The minimum atomic E-state index is -1.54. The maximum Gasteiger partial charge on any atom is 0.329 e. The van der Waals surface area contributed by atoms with Crippen molar-refractivity contribution < 1.29 is 25.0 Å². The Morgan fingerprint density at radius 1 is 0.968 bits per heavy atom. The van der Waals surface area contributed by atoms with Crippen molar-refractivity contribution in [2.24, 2.45) is 5.73 Å². The molecule has 0 spiro atoms. The molecule has 9 heteroatoms. The number of hydroxylamine groups is 2. The maximum absolute atomic E-state index is 12.7. The number of aliphatic carboxylic acids is 1. The van der Waals surface area contributed by atoms with Crippen LogP contribution in [0, 0.1) is 0 Å². The Labute approximate surface area is 176 Å². The normalized spacial score (nSPS) is 13.4. The lowest BCUT2D eigenvalue weighted by atomic mass is 10.0. The number of benzene rings is 2. The molecule has 0 aliphatic rings. The van der Waals surface area contributed by atoms with Gasteiger partial charge in [0.05, 0.1) is 6.04 Å². The number of carboxylic acid groups (broad SMARTS) is 1. The second-order valence-electron chi connectivity index (χ2n) is 7.45. The number of aromatic amines is 2. The number of hydrogen-bond acceptors (Lipinski definition) is 5. The van der Waals surface area contributed by atoms with Gasteiger partial charge >= 0.3 is 5.97 Å². The molecule has 9 nitrogen and oxygen atoms in total. The fourth-order valence-electron chi connectivity index (χ4n) is 3.77. The van der Waals surface area contributed by atoms with Gasteiger partial charge in [0, 0.05) is 40.6 Å². The van der Waals surface area contributed by atoms with Crippen LogP contribution in [0.4, 0.5) is 0 Å². The number of nitrogens with two attached hydrogens (primary N) is 1. The molecule has 0 fully saturated rings. The molecule has 2 aromatic heterocycles. The lowest BCUT2D eigenvalue weighted by molar-refractivity contribution is -0.186. The number of carbonyl (C=O) groups is 2. The molecule has 7 N–H and O–H groups in total. The largest absolute Gasteiger partial charge is 0.508 e. The van der Waals surface area contributed by atoms with E-state index in [0.717, 1.165) is 16.5 Å². The number of aromatic hydroxyl groups is 1. The third-order valence-electron chi connectivity index (χ3n) is 5.40. The third kappa shape index (κ3) is 3.96. The van der Waals surface area contributed by atoms with Crippen molar-refractivity contribution in [3.05, 3.63) is 66.0 Å². The van der Waals surface area contributed by atoms with Crippen LogP contribution >= 0.6 is 0 Å². The summed E-state index contributed by atoms with van der Waals surface area (Å²) in [4.78, 5) is 30.6. The first-order valence-electron chi connectivity index (χ1n) is 9.69. The number of nitrogens with one attached hydrogen (secondary N) is 2. The van der Waals surface area contributed by atoms with Gasteiger partial charge in [-0.05, 0) is 41.8 Å². The van der Waals surface area contributed by atoms with Gasteiger partial charge < -0.3 is 25.9 Å². The van der Waals surface area contributed by atoms with E-state index in [9.17, 15) is 25.0 Å². The quantitative estimate of drug-likeness (QED) is 0.198. The number of amides is 1. The summed E-state index contributed by atoms with van der Waals surface area (Å²) in [5.74, 6) is -2.23. The van der Waals surface area contributed by atoms with Crippen molar-refractivity contribution in [3.63, 3.8) is 0 Å². The molecule has 0 aliphatic heterocycles. The van der Waals surface area contributed by atoms with Crippen LogP contribution in [0.25, 0.3) is 21.8 Å². The molecule has 1 amide bonds. The highest BCUT2D eigenvalue weighted by Gasteiger charge is 2.33. The van der Waals surface area contributed by atoms with Gasteiger partial charge in [-0.15, -0.1) is 0 Å². The highest BCUT2D eigenvalue weighted by molar-refractivity contribution is 5.89. The molecule has 0 unspecified atom stereocenters. The van der Waals surface area contributed by atoms with Gasteiger partial charge in [-0.25, -0.2) is 9.86 Å². The average Bonchev–Trinajstić information content (AvgIpc) is 3.34. The van der Waals surface area contributed by atoms with Gasteiger partial charge in [0.1, 0.15) is 5.75 Å². The van der Waals surface area contributed by atoms with E-state index < -0.39 is 24.0 Å². The number of carboxylic acids is 1. The smallest absolute Gasteiger partial charge is 0.329 e. The minimum Gasteiger partial charge on any atom is -0.508 e. The van der Waals surface area contributed by atoms with Crippen molar-refractivity contribution in [1.82, 2.24) is 15.0 Å². The first-order valence-corrected chi connectivity index (χ1v) is 9.69. The molecule has 160 valence electrons. The number of aromatic nitrogens is 2. The van der Waals surface area contributed by atoms with Crippen LogP contribution in [-0.4, -0.2) is 54.4 Å². The Morgan fingerprint density at radius 2 is 1.61 bits per heavy atom. The molecular formula is C22H22N4O5. The van der Waals surface area contributed by atoms with E-state index in [-0.39, 0.29) is 23.7 Å². The fourth-order valence-corrected chi connectivity index (χ4v) is 3.77. The van der Waals surface area contributed by atoms with E-state index in [1.165, 1.54) is 12.1 Å². The monoisotopic (exact) mass is 422 g/mol. The second kappa shape index (κ2) is 8.13. The van der Waals surface area contributed by atoms with Gasteiger partial charge in [0.15, 0.2) is 6.04 Å². The number of phenols is 1. The fraction of sp³-hybridized carbons (Fsp3) is 0.182. The SMILES string of the molecule is N[C@@H](Cc1c[nH]c2ccccc12)C(=O)N(O)[C@@H](Cc1c[nH]c2ccc(O)cc12)C(=O)O. The van der Waals surface area contributed by atoms with E-state index in [0.29, 0.717) is 16.5 Å². The van der Waals surface area contributed by atoms with Gasteiger partial charge in [-0.3, -0.25) is 10.0 Å². The van der Waals surface area contributed by atoms with E-state index in [4.69, 9.17) is 5.73 Å². The molecule has 4 aromatic rings. The summed E-state index contributed by atoms with van der Waals surface area (Å²) in [6.07, 6.45) is 3.30. The number of H-pyrrole nitrogens is 2. The van der Waals surface area contributed by atoms with Crippen molar-refractivity contribution in [1.29, 1.82) is 0 Å². The average molecular weight is 422 g/mol. The number of para-hydroxylation sites is 1. The van der Waals surface area contributed by atoms with Gasteiger partial charge in [0.2, 0.25) is 0 Å². The summed E-state index contributed by atoms with van der Waals surface area (Å²) < 4.78 is 0. The molecule has 0 saturated carbocycles. The number of hydrogen-bond donors (Lipinski definition) is 6. The Hall–Kier alpha value is -3.82. The third-order valence-corrected chi connectivity index (χ3v) is 5.40. The summed E-state index contributed by atoms with van der Waals surface area (Å²) in [5.41, 5.74) is 8.95. The number of carbonyl (C=O) groups excluding carboxylic acids is 1. The predicted molar refractivity (Wildman–Crippen MR) is 114 cm³/mol. The zero-order valence-electron chi connectivity index (χ0n) is 16.4. The molecule has 0 radical (unpaired) electrons. The standard InChI is InChI=1S/C22H22N4O5/c23-17(7-12-10-24-18-4-2-1-3-15(12)18)21(28)26(31)20(22(29)30)8-13-11-25-19-6-5-14(27)9-16(13)19/h1-6,9-11,17,20,24-25,27,31H,7-8,23H2,(H,29,30)/t17-,20-/m0/s1. The summed E-state index contributed by atoms with van der Waals surface area (Å²) >= 11 is 0. The van der Waals surface area contributed by atoms with Gasteiger partial charge in [-0.2, -0.15) is 0 Å². The molecule has 2 heterocycles. The Morgan fingerprint density at radius 3 is 2.32 bits per heavy atom. The van der Waals surface area contributed by atoms with Crippen molar-refractivity contribution in [3.8, 4) is 5.75 Å². The Bertz CT molecular complexity index is 1260. The first-order chi connectivity index (χ1) is 14.8. The number of fused-ring (bicyclic) bond motifs is 2. The van der Waals surface area contributed by atoms with Crippen LogP contribution in [0.5, 0.6) is 5.75 Å². The highest BCUT2D eigenvalue weighted by atomic mass is 16.5. The minimum absolute atomic E-state index is 0.0258. The molecule has 0 saturated heterocycles. The number of rotatable bonds is 7. The topological polar surface area (TPSA) is 156 Å². The summed E-state index contributed by atoms with van der Waals surface area (Å²) in [5, 5.41) is 31.5. The van der Waals surface area contributed by atoms with E-state index in [2.05, 4.69) is 9.97 Å². The molecule has 0 bridgehead atoms. The van der Waals surface area contributed by atoms with Crippen LogP contribution in [0.3, 0.4) is 0 Å². The molecule has 0 aliphatic carbocycles. The lowest BCUT2D eigenvalue weighted by Crippen LogP contribution is -2.51. The zero-order chi connectivity index (χ0) is 22.1. The molecule has 4 rings (SSSR count). The van der Waals surface area contributed by atoms with E-state index >= 15 is 0 Å². The Kier molecular flexibility index (Phi) is 5.37. The number of phenolic OH excluding ortho intramolecular Hbond substituents is 1. The molecule has 2 atom stereocenters. The van der Waals surface area contributed by atoms with Crippen molar-refractivity contribution in [2.45, 2.75) is 24.9 Å². The summed E-state index contributed by atoms with van der Waals surface area (Å²) in [6.45, 7) is 0. The molecular weight excluding hydrogens is 400 g/mol. The maximum atomic E-state index is 12.7. The van der Waals surface area contributed by atoms with Gasteiger partial charge in [-0.1, -0.05) is 18.2 Å². The van der Waals surface area contributed by atoms with Crippen LogP contribution in [-0.2, 0) is 22.4 Å². The Balaban J connectivity index is 1.53. The van der Waals surface area contributed by atoms with Crippen LogP contribution in [0.2, 0.25) is 0 Å². The van der Waals surface area contributed by atoms with E-state index in [1.54, 1.807) is 18.5 Å². The highest BCUT2D eigenvalue weighted by Crippen LogP contribution is 2.25. The van der Waals surface area contributed by atoms with Crippen LogP contribution in [0.15, 0.2) is 54.9 Å². The number of nitrogens with zero attached hydrogens (tertiary/aromatic N) is 1. The van der Waals surface area contributed by atoms with Crippen molar-refractivity contribution in [2.75, 3.05) is 0 Å². The van der Waals surface area contributed by atoms with Crippen LogP contribution in [0.1, 0.15) is 11.1 Å². The van der Waals surface area contributed by atoms with Gasteiger partial charge in [0.25, 0.3) is 5.91 Å². The first kappa shape index (κ1) is 20.5. The van der Waals surface area contributed by atoms with E-state index in [1.807, 2.05) is 24.3 Å².